The summed E-state index contributed by atoms with van der Waals surface area (Å²) in [5.41, 5.74) is 0. The van der Waals surface area contributed by atoms with Crippen molar-refractivity contribution in [1.29, 1.82) is 0 Å². The second-order valence-corrected chi connectivity index (χ2v) is 2.32. The van der Waals surface area contributed by atoms with Crippen LogP contribution in [0.5, 0.6) is 0 Å². The number of hydrogen-bond acceptors (Lipinski definition) is 5. The molecule has 0 spiro atoms. The predicted octanol–water partition coefficient (Wildman–Crippen LogP) is -0.290. The fourth-order valence-corrected chi connectivity index (χ4v) is 1.03. The molecule has 0 saturated heterocycles. The monoisotopic (exact) mass is 174 g/mol. The Bertz CT molecular complexity index is 220. The fraction of sp³-hybridized carbons (Fsp3) is 0.571. The molecule has 68 valence electrons. The standard InChI is InChI=1S/C7H10O5/c1-11-6-4(2-3-8)12-7(10)5(6)9/h4,8-9H,2-3H2,1H3. The molecule has 1 rings (SSSR count). The van der Waals surface area contributed by atoms with Crippen molar-refractivity contribution in [3.8, 4) is 0 Å². The lowest BCUT2D eigenvalue weighted by atomic mass is 10.2. The van der Waals surface area contributed by atoms with Gasteiger partial charge >= 0.3 is 5.97 Å². The summed E-state index contributed by atoms with van der Waals surface area (Å²) in [6, 6.07) is 0. The summed E-state index contributed by atoms with van der Waals surface area (Å²) in [7, 11) is 1.33. The predicted molar refractivity (Wildman–Crippen MR) is 38.2 cm³/mol. The number of methoxy groups -OCH3 is 1. The zero-order valence-corrected chi connectivity index (χ0v) is 6.61. The minimum absolute atomic E-state index is 0.0917. The second kappa shape index (κ2) is 3.44. The summed E-state index contributed by atoms with van der Waals surface area (Å²) in [4.78, 5) is 10.7. The number of esters is 1. The van der Waals surface area contributed by atoms with Gasteiger partial charge in [-0.2, -0.15) is 0 Å². The first-order valence-electron chi connectivity index (χ1n) is 3.49. The average molecular weight is 174 g/mol. The van der Waals surface area contributed by atoms with Gasteiger partial charge in [0.1, 0.15) is 0 Å². The highest BCUT2D eigenvalue weighted by Gasteiger charge is 2.34. The van der Waals surface area contributed by atoms with Crippen molar-refractivity contribution >= 4 is 5.97 Å². The molecular weight excluding hydrogens is 164 g/mol. The number of aliphatic hydroxyl groups is 2. The van der Waals surface area contributed by atoms with Crippen molar-refractivity contribution in [3.63, 3.8) is 0 Å². The van der Waals surface area contributed by atoms with E-state index < -0.39 is 17.8 Å². The van der Waals surface area contributed by atoms with Gasteiger partial charge in [0.05, 0.1) is 7.11 Å². The minimum atomic E-state index is -0.801. The van der Waals surface area contributed by atoms with Gasteiger partial charge in [-0.3, -0.25) is 0 Å². The Kier molecular flexibility index (Phi) is 2.54. The third-order valence-electron chi connectivity index (χ3n) is 1.58. The molecule has 0 radical (unpaired) electrons. The van der Waals surface area contributed by atoms with Crippen LogP contribution in [0.1, 0.15) is 6.42 Å². The quantitative estimate of drug-likeness (QED) is 0.575. The molecule has 1 atom stereocenters. The highest BCUT2D eigenvalue weighted by atomic mass is 16.6. The molecule has 0 aliphatic carbocycles. The van der Waals surface area contributed by atoms with Crippen molar-refractivity contribution in [3.05, 3.63) is 11.5 Å². The van der Waals surface area contributed by atoms with Crippen LogP contribution in [0.15, 0.2) is 11.5 Å². The van der Waals surface area contributed by atoms with Gasteiger partial charge in [0.25, 0.3) is 0 Å². The molecule has 5 heteroatoms. The van der Waals surface area contributed by atoms with E-state index in [9.17, 15) is 4.79 Å². The Morgan fingerprint density at radius 3 is 2.83 bits per heavy atom. The first-order valence-corrected chi connectivity index (χ1v) is 3.49. The normalized spacial score (nSPS) is 22.8. The van der Waals surface area contributed by atoms with Crippen LogP contribution in [0.3, 0.4) is 0 Å². The molecule has 1 aliphatic heterocycles. The molecule has 0 saturated carbocycles. The van der Waals surface area contributed by atoms with Gasteiger partial charge in [-0.25, -0.2) is 4.79 Å². The maximum absolute atomic E-state index is 10.7. The SMILES string of the molecule is COC1=C(O)C(=O)OC1CCO. The van der Waals surface area contributed by atoms with Crippen molar-refractivity contribution in [2.75, 3.05) is 13.7 Å². The van der Waals surface area contributed by atoms with Crippen LogP contribution >= 0.6 is 0 Å². The number of rotatable bonds is 3. The summed E-state index contributed by atoms with van der Waals surface area (Å²) in [5, 5.41) is 17.6. The molecule has 1 heterocycles. The Morgan fingerprint density at radius 1 is 1.67 bits per heavy atom. The van der Waals surface area contributed by atoms with E-state index in [0.29, 0.717) is 0 Å². The summed E-state index contributed by atoms with van der Waals surface area (Å²) < 4.78 is 9.40. The summed E-state index contributed by atoms with van der Waals surface area (Å²) in [6.07, 6.45) is -0.411. The van der Waals surface area contributed by atoms with Gasteiger partial charge in [-0.15, -0.1) is 0 Å². The Morgan fingerprint density at radius 2 is 2.33 bits per heavy atom. The molecule has 12 heavy (non-hydrogen) atoms. The first kappa shape index (κ1) is 8.86. The van der Waals surface area contributed by atoms with Gasteiger partial charge in [0, 0.05) is 13.0 Å². The van der Waals surface area contributed by atoms with E-state index in [0.717, 1.165) is 0 Å². The van der Waals surface area contributed by atoms with Crippen LogP contribution in [0.2, 0.25) is 0 Å². The number of carbonyl (C=O) groups is 1. The molecule has 5 nitrogen and oxygen atoms in total. The lowest BCUT2D eigenvalue weighted by molar-refractivity contribution is -0.142. The Labute approximate surface area is 69.2 Å². The third kappa shape index (κ3) is 1.35. The molecule has 1 aliphatic rings. The maximum Gasteiger partial charge on any atom is 0.377 e. The lowest BCUT2D eigenvalue weighted by Crippen LogP contribution is -2.14. The van der Waals surface area contributed by atoms with Crippen LogP contribution in [-0.4, -0.2) is 36.0 Å². The molecular formula is C7H10O5. The van der Waals surface area contributed by atoms with Crippen LogP contribution in [0.25, 0.3) is 0 Å². The van der Waals surface area contributed by atoms with Gasteiger partial charge in [0.15, 0.2) is 11.9 Å². The Hall–Kier alpha value is -1.23. The van der Waals surface area contributed by atoms with Crippen molar-refractivity contribution in [1.82, 2.24) is 0 Å². The minimum Gasteiger partial charge on any atom is -0.499 e. The van der Waals surface area contributed by atoms with Crippen LogP contribution in [0.4, 0.5) is 0 Å². The largest absolute Gasteiger partial charge is 0.499 e. The van der Waals surface area contributed by atoms with Gasteiger partial charge in [-0.1, -0.05) is 0 Å². The second-order valence-electron chi connectivity index (χ2n) is 2.32. The van der Waals surface area contributed by atoms with Crippen molar-refractivity contribution in [2.45, 2.75) is 12.5 Å². The van der Waals surface area contributed by atoms with E-state index in [4.69, 9.17) is 14.9 Å². The van der Waals surface area contributed by atoms with Gasteiger partial charge in [-0.05, 0) is 0 Å². The molecule has 0 bridgehead atoms. The number of cyclic esters (lactones) is 1. The van der Waals surface area contributed by atoms with Gasteiger partial charge < -0.3 is 19.7 Å². The van der Waals surface area contributed by atoms with Crippen LogP contribution in [-0.2, 0) is 14.3 Å². The summed E-state index contributed by atoms with van der Waals surface area (Å²) in [6.45, 7) is -0.127. The van der Waals surface area contributed by atoms with Crippen LogP contribution < -0.4 is 0 Å². The van der Waals surface area contributed by atoms with E-state index in [1.165, 1.54) is 7.11 Å². The molecule has 0 aromatic carbocycles. The topological polar surface area (TPSA) is 76.0 Å². The molecule has 0 amide bonds. The first-order chi connectivity index (χ1) is 5.70. The van der Waals surface area contributed by atoms with Crippen LogP contribution in [0, 0.1) is 0 Å². The number of hydrogen-bond donors (Lipinski definition) is 2. The van der Waals surface area contributed by atoms with Crippen molar-refractivity contribution in [2.24, 2.45) is 0 Å². The third-order valence-corrected chi connectivity index (χ3v) is 1.58. The lowest BCUT2D eigenvalue weighted by Gasteiger charge is -2.09. The fourth-order valence-electron chi connectivity index (χ4n) is 1.03. The van der Waals surface area contributed by atoms with E-state index in [1.807, 2.05) is 0 Å². The highest BCUT2D eigenvalue weighted by molar-refractivity contribution is 5.89. The zero-order chi connectivity index (χ0) is 9.14. The summed E-state index contributed by atoms with van der Waals surface area (Å²) in [5.74, 6) is -1.21. The van der Waals surface area contributed by atoms with Gasteiger partial charge in [0.2, 0.25) is 5.76 Å². The van der Waals surface area contributed by atoms with E-state index in [1.54, 1.807) is 0 Å². The van der Waals surface area contributed by atoms with E-state index in [2.05, 4.69) is 4.74 Å². The van der Waals surface area contributed by atoms with E-state index in [-0.39, 0.29) is 18.8 Å². The van der Waals surface area contributed by atoms with Crippen molar-refractivity contribution < 1.29 is 24.5 Å². The maximum atomic E-state index is 10.7. The number of ether oxygens (including phenoxy) is 2. The smallest absolute Gasteiger partial charge is 0.377 e. The average Bonchev–Trinajstić information content (AvgIpc) is 2.29. The highest BCUT2D eigenvalue weighted by Crippen LogP contribution is 2.23. The summed E-state index contributed by atoms with van der Waals surface area (Å²) >= 11 is 0. The number of carbonyl (C=O) groups excluding carboxylic acids is 1. The molecule has 0 aromatic rings. The Balaban J connectivity index is 2.75. The number of aliphatic hydroxyl groups excluding tert-OH is 2. The molecule has 1 unspecified atom stereocenters. The zero-order valence-electron chi connectivity index (χ0n) is 6.61. The molecule has 0 fully saturated rings. The molecule has 2 N–H and O–H groups in total. The molecule has 0 aromatic heterocycles. The van der Waals surface area contributed by atoms with E-state index >= 15 is 0 Å².